The maximum absolute atomic E-state index is 14.1. The lowest BCUT2D eigenvalue weighted by atomic mass is 9.55. The van der Waals surface area contributed by atoms with Gasteiger partial charge in [0.15, 0.2) is 0 Å². The molecule has 7 rings (SSSR count). The first-order chi connectivity index (χ1) is 16.5. The van der Waals surface area contributed by atoms with Crippen LogP contribution in [-0.4, -0.2) is 46.7 Å². The van der Waals surface area contributed by atoms with E-state index in [1.807, 2.05) is 43.0 Å². The minimum Gasteiger partial charge on any atom is -0.341 e. The highest BCUT2D eigenvalue weighted by molar-refractivity contribution is 6.10. The van der Waals surface area contributed by atoms with E-state index in [0.29, 0.717) is 13.1 Å². The van der Waals surface area contributed by atoms with Crippen molar-refractivity contribution < 1.29 is 14.4 Å². The Hall–Kier alpha value is -2.95. The van der Waals surface area contributed by atoms with E-state index in [2.05, 4.69) is 24.3 Å². The summed E-state index contributed by atoms with van der Waals surface area (Å²) < 4.78 is 0. The molecule has 176 valence electrons. The van der Waals surface area contributed by atoms with Crippen molar-refractivity contribution in [1.82, 2.24) is 9.80 Å². The van der Waals surface area contributed by atoms with Crippen LogP contribution in [0.1, 0.15) is 73.6 Å². The van der Waals surface area contributed by atoms with Crippen LogP contribution in [0.2, 0.25) is 0 Å². The molecule has 5 heteroatoms. The summed E-state index contributed by atoms with van der Waals surface area (Å²) >= 11 is 0. The summed E-state index contributed by atoms with van der Waals surface area (Å²) in [6.45, 7) is 5.35. The number of likely N-dealkylation sites (tertiary alicyclic amines) is 2. The number of rotatable bonds is 3. The largest absolute Gasteiger partial charge is 0.341 e. The molecule has 0 radical (unpaired) electrons. The minimum absolute atomic E-state index is 0.0559. The van der Waals surface area contributed by atoms with E-state index in [0.717, 1.165) is 47.9 Å². The molecule has 2 aromatic carbocycles. The van der Waals surface area contributed by atoms with Crippen molar-refractivity contribution in [1.29, 1.82) is 0 Å². The highest BCUT2D eigenvalue weighted by atomic mass is 16.2. The van der Waals surface area contributed by atoms with Gasteiger partial charge in [-0.25, -0.2) is 0 Å². The maximum atomic E-state index is 14.1. The van der Waals surface area contributed by atoms with Crippen molar-refractivity contribution in [3.8, 4) is 0 Å². The number of imide groups is 1. The Kier molecular flexibility index (Phi) is 5.12. The van der Waals surface area contributed by atoms with Crippen LogP contribution in [0.15, 0.2) is 48.5 Å². The van der Waals surface area contributed by atoms with Crippen molar-refractivity contribution in [3.05, 3.63) is 70.8 Å². The van der Waals surface area contributed by atoms with Gasteiger partial charge in [0.25, 0.3) is 0 Å². The van der Waals surface area contributed by atoms with Crippen LogP contribution < -0.4 is 0 Å². The van der Waals surface area contributed by atoms with Crippen LogP contribution in [0.25, 0.3) is 0 Å². The number of hydrogen-bond donors (Lipinski definition) is 0. The summed E-state index contributed by atoms with van der Waals surface area (Å²) in [6.07, 6.45) is 4.22. The first-order valence-electron chi connectivity index (χ1n) is 12.8. The first kappa shape index (κ1) is 21.6. The molecule has 2 aliphatic heterocycles. The number of carbonyl (C=O) groups is 3. The molecule has 2 saturated heterocycles. The molecular formula is C29H32N2O3. The summed E-state index contributed by atoms with van der Waals surface area (Å²) in [5.41, 5.74) is 4.65. The molecule has 5 nitrogen and oxygen atoms in total. The van der Waals surface area contributed by atoms with Gasteiger partial charge in [0.2, 0.25) is 17.7 Å². The van der Waals surface area contributed by atoms with Crippen LogP contribution in [0, 0.1) is 17.8 Å². The molecule has 0 spiro atoms. The van der Waals surface area contributed by atoms with Crippen molar-refractivity contribution in [2.24, 2.45) is 17.8 Å². The predicted molar refractivity (Wildman–Crippen MR) is 129 cm³/mol. The van der Waals surface area contributed by atoms with E-state index >= 15 is 0 Å². The highest BCUT2D eigenvalue weighted by Crippen LogP contribution is 2.61. The third-order valence-electron chi connectivity index (χ3n) is 8.56. The molecule has 3 atom stereocenters. The lowest BCUT2D eigenvalue weighted by molar-refractivity contribution is -0.153. The Labute approximate surface area is 201 Å². The minimum atomic E-state index is -0.727. The molecule has 2 fully saturated rings. The SMILES string of the molecule is CC(C)[C@H](C(=O)N1CCCCCC1)N1C(=O)[C@H]2C3c4ccccc4C(c4ccccc43)[C@@H]2C1=O. The summed E-state index contributed by atoms with van der Waals surface area (Å²) in [6, 6.07) is 15.8. The Morgan fingerprint density at radius 2 is 1.15 bits per heavy atom. The predicted octanol–water partition coefficient (Wildman–Crippen LogP) is 4.31. The van der Waals surface area contributed by atoms with Crippen LogP contribution in [-0.2, 0) is 14.4 Å². The van der Waals surface area contributed by atoms with Crippen molar-refractivity contribution in [3.63, 3.8) is 0 Å². The van der Waals surface area contributed by atoms with Gasteiger partial charge >= 0.3 is 0 Å². The Balaban J connectivity index is 1.43. The lowest BCUT2D eigenvalue weighted by Gasteiger charge is -2.45. The van der Waals surface area contributed by atoms with Crippen molar-refractivity contribution in [2.75, 3.05) is 13.1 Å². The molecular weight excluding hydrogens is 424 g/mol. The quantitative estimate of drug-likeness (QED) is 0.647. The van der Waals surface area contributed by atoms with Gasteiger partial charge in [-0.1, -0.05) is 75.2 Å². The van der Waals surface area contributed by atoms with Crippen LogP contribution >= 0.6 is 0 Å². The standard InChI is InChI=1S/C29H32N2O3/c1-17(2)26(29(34)30-15-9-3-4-10-16-30)31-27(32)24-22-18-11-5-6-12-19(18)23(25(24)28(31)33)21-14-8-7-13-20(21)22/h5-8,11-14,17,22-26H,3-4,9-10,15-16H2,1-2H3/t22?,23?,24-,25-,26+/m0/s1. The zero-order chi connectivity index (χ0) is 23.6. The van der Waals surface area contributed by atoms with Gasteiger partial charge in [0.1, 0.15) is 6.04 Å². The molecule has 2 aromatic rings. The fourth-order valence-corrected chi connectivity index (χ4v) is 7.15. The Morgan fingerprint density at radius 1 is 0.735 bits per heavy atom. The number of amides is 3. The number of nitrogens with zero attached hydrogens (tertiary/aromatic N) is 2. The molecule has 2 heterocycles. The second kappa shape index (κ2) is 8.07. The molecule has 3 aliphatic carbocycles. The second-order valence-electron chi connectivity index (χ2n) is 10.7. The average molecular weight is 457 g/mol. The van der Waals surface area contributed by atoms with Gasteiger partial charge in [-0.15, -0.1) is 0 Å². The van der Waals surface area contributed by atoms with E-state index in [1.54, 1.807) is 0 Å². The Bertz CT molecular complexity index is 1050. The van der Waals surface area contributed by atoms with E-state index in [9.17, 15) is 14.4 Å². The summed E-state index contributed by atoms with van der Waals surface area (Å²) in [5.74, 6) is -1.63. The van der Waals surface area contributed by atoms with Gasteiger partial charge in [-0.2, -0.15) is 0 Å². The van der Waals surface area contributed by atoms with Crippen molar-refractivity contribution in [2.45, 2.75) is 57.4 Å². The second-order valence-corrected chi connectivity index (χ2v) is 10.7. The first-order valence-corrected chi connectivity index (χ1v) is 12.8. The molecule has 34 heavy (non-hydrogen) atoms. The van der Waals surface area contributed by atoms with Crippen molar-refractivity contribution >= 4 is 17.7 Å². The van der Waals surface area contributed by atoms with Gasteiger partial charge in [0, 0.05) is 24.9 Å². The summed E-state index contributed by atoms with van der Waals surface area (Å²) in [7, 11) is 0. The third-order valence-corrected chi connectivity index (χ3v) is 8.56. The number of benzene rings is 2. The third kappa shape index (κ3) is 2.95. The van der Waals surface area contributed by atoms with E-state index < -0.39 is 17.9 Å². The molecule has 3 amide bonds. The van der Waals surface area contributed by atoms with Crippen LogP contribution in [0.4, 0.5) is 0 Å². The normalized spacial score (nSPS) is 28.4. The van der Waals surface area contributed by atoms with E-state index in [-0.39, 0.29) is 35.5 Å². The average Bonchev–Trinajstić information content (AvgIpc) is 3.03. The molecule has 0 N–H and O–H groups in total. The topological polar surface area (TPSA) is 57.7 Å². The zero-order valence-corrected chi connectivity index (χ0v) is 19.9. The van der Waals surface area contributed by atoms with E-state index in [4.69, 9.17) is 0 Å². The Morgan fingerprint density at radius 3 is 1.53 bits per heavy atom. The lowest BCUT2D eigenvalue weighted by Crippen LogP contribution is -2.54. The van der Waals surface area contributed by atoms with Gasteiger partial charge in [0.05, 0.1) is 11.8 Å². The summed E-state index contributed by atoms with van der Waals surface area (Å²) in [4.78, 5) is 45.3. The fraction of sp³-hybridized carbons (Fsp3) is 0.483. The van der Waals surface area contributed by atoms with Crippen LogP contribution in [0.5, 0.6) is 0 Å². The highest BCUT2D eigenvalue weighted by Gasteiger charge is 2.63. The van der Waals surface area contributed by atoms with E-state index in [1.165, 1.54) is 4.90 Å². The molecule has 0 unspecified atom stereocenters. The molecule has 5 aliphatic rings. The molecule has 0 aromatic heterocycles. The van der Waals surface area contributed by atoms with Gasteiger partial charge < -0.3 is 4.90 Å². The summed E-state index contributed by atoms with van der Waals surface area (Å²) in [5, 5.41) is 0. The van der Waals surface area contributed by atoms with Crippen LogP contribution in [0.3, 0.4) is 0 Å². The number of hydrogen-bond acceptors (Lipinski definition) is 3. The zero-order valence-electron chi connectivity index (χ0n) is 19.9. The maximum Gasteiger partial charge on any atom is 0.246 e. The monoisotopic (exact) mass is 456 g/mol. The van der Waals surface area contributed by atoms with Gasteiger partial charge in [-0.05, 0) is 41.0 Å². The molecule has 0 saturated carbocycles. The smallest absolute Gasteiger partial charge is 0.246 e. The van der Waals surface area contributed by atoms with Gasteiger partial charge in [-0.3, -0.25) is 19.3 Å². The fourth-order valence-electron chi connectivity index (χ4n) is 7.15. The molecule has 2 bridgehead atoms. The number of carbonyl (C=O) groups excluding carboxylic acids is 3.